The van der Waals surface area contributed by atoms with E-state index in [0.29, 0.717) is 6.17 Å². The third-order valence-corrected chi connectivity index (χ3v) is 7.12. The Kier molecular flexibility index (Phi) is 4.54. The summed E-state index contributed by atoms with van der Waals surface area (Å²) in [5, 5.41) is 8.88. The van der Waals surface area contributed by atoms with Gasteiger partial charge in [-0.05, 0) is 55.8 Å². The van der Waals surface area contributed by atoms with Gasteiger partial charge in [0, 0.05) is 37.4 Å². The summed E-state index contributed by atoms with van der Waals surface area (Å²) in [6.45, 7) is 4.20. The molecular weight excluding hydrogens is 372 g/mol. The lowest BCUT2D eigenvalue weighted by Gasteiger charge is -2.34. The first-order valence-electron chi connectivity index (χ1n) is 10.8. The summed E-state index contributed by atoms with van der Waals surface area (Å²) >= 11 is 0. The lowest BCUT2D eigenvalue weighted by Crippen LogP contribution is -2.46. The van der Waals surface area contributed by atoms with Gasteiger partial charge in [0.2, 0.25) is 0 Å². The topological polar surface area (TPSA) is 40.4 Å². The van der Waals surface area contributed by atoms with Crippen molar-refractivity contribution in [3.05, 3.63) is 66.0 Å². The van der Waals surface area contributed by atoms with Crippen LogP contribution < -0.4 is 9.80 Å². The fourth-order valence-electron chi connectivity index (χ4n) is 5.56. The fourth-order valence-corrected chi connectivity index (χ4v) is 5.56. The fraction of sp³-hybridized carbons (Fsp3) is 0.417. The van der Waals surface area contributed by atoms with E-state index >= 15 is 0 Å². The average molecular weight is 403 g/mol. The van der Waals surface area contributed by atoms with Gasteiger partial charge in [-0.25, -0.2) is 4.68 Å². The lowest BCUT2D eigenvalue weighted by molar-refractivity contribution is 0.252. The molecule has 3 heterocycles. The number of rotatable bonds is 5. The average Bonchev–Trinajstić information content (AvgIpc) is 3.44. The van der Waals surface area contributed by atoms with Crippen molar-refractivity contribution in [2.24, 2.45) is 0 Å². The molecule has 0 saturated carbocycles. The molecule has 2 aliphatic heterocycles. The molecular formula is C24H30N6. The summed E-state index contributed by atoms with van der Waals surface area (Å²) in [5.41, 5.74) is 6.23. The van der Waals surface area contributed by atoms with E-state index in [0.717, 1.165) is 30.9 Å². The van der Waals surface area contributed by atoms with Gasteiger partial charge in [-0.1, -0.05) is 30.3 Å². The summed E-state index contributed by atoms with van der Waals surface area (Å²) in [7, 11) is 6.56. The van der Waals surface area contributed by atoms with Crippen LogP contribution in [0.4, 0.5) is 11.4 Å². The zero-order chi connectivity index (χ0) is 20.9. The van der Waals surface area contributed by atoms with Crippen molar-refractivity contribution in [1.29, 1.82) is 0 Å². The number of likely N-dealkylation sites (tertiary alicyclic amines) is 1. The van der Waals surface area contributed by atoms with Gasteiger partial charge in [0.1, 0.15) is 5.69 Å². The van der Waals surface area contributed by atoms with E-state index in [2.05, 4.69) is 102 Å². The zero-order valence-corrected chi connectivity index (χ0v) is 18.3. The molecule has 0 amide bonds. The minimum atomic E-state index is 0.200. The van der Waals surface area contributed by atoms with Crippen molar-refractivity contribution in [1.82, 2.24) is 19.9 Å². The molecule has 156 valence electrons. The van der Waals surface area contributed by atoms with E-state index in [9.17, 15) is 0 Å². The van der Waals surface area contributed by atoms with Crippen LogP contribution in [0.5, 0.6) is 0 Å². The molecule has 30 heavy (non-hydrogen) atoms. The molecule has 0 aliphatic carbocycles. The predicted octanol–water partition coefficient (Wildman–Crippen LogP) is 3.66. The molecule has 3 aromatic rings. The Bertz CT molecular complexity index is 1040. The van der Waals surface area contributed by atoms with Gasteiger partial charge in [0.05, 0.1) is 24.6 Å². The van der Waals surface area contributed by atoms with Crippen LogP contribution in [0.1, 0.15) is 31.0 Å². The number of nitrogens with zero attached hydrogens (tertiary/aromatic N) is 6. The predicted molar refractivity (Wildman–Crippen MR) is 121 cm³/mol. The maximum absolute atomic E-state index is 4.44. The summed E-state index contributed by atoms with van der Waals surface area (Å²) < 4.78 is 1.92. The van der Waals surface area contributed by atoms with E-state index < -0.39 is 0 Å². The van der Waals surface area contributed by atoms with Crippen LogP contribution in [0.3, 0.4) is 0 Å². The standard InChI is InChI=1S/C24H30N6/c1-5-24-13-14-27(2)23(24)29(4)22-12-11-20(15-21(22)24)30-17-18(25-26-30)16-28(3)19-9-7-6-8-10-19/h6-12,15,17,23H,5,13-14,16H2,1-4H3/t23-,24+/m1/s1. The van der Waals surface area contributed by atoms with E-state index in [1.54, 1.807) is 0 Å². The number of para-hydroxylation sites is 1. The summed E-state index contributed by atoms with van der Waals surface area (Å²) in [6, 6.07) is 17.1. The molecule has 2 atom stereocenters. The second-order valence-corrected chi connectivity index (χ2v) is 8.77. The number of fused-ring (bicyclic) bond motifs is 3. The van der Waals surface area contributed by atoms with Crippen LogP contribution in [0, 0.1) is 0 Å². The Morgan fingerprint density at radius 3 is 2.70 bits per heavy atom. The third kappa shape index (κ3) is 2.82. The molecule has 6 heteroatoms. The molecule has 1 fully saturated rings. The Morgan fingerprint density at radius 1 is 1.13 bits per heavy atom. The van der Waals surface area contributed by atoms with Crippen molar-refractivity contribution >= 4 is 11.4 Å². The number of likely N-dealkylation sites (N-methyl/N-ethyl adjacent to an activating group) is 2. The van der Waals surface area contributed by atoms with Crippen LogP contribution in [-0.4, -0.2) is 53.7 Å². The van der Waals surface area contributed by atoms with Gasteiger partial charge in [-0.15, -0.1) is 5.10 Å². The van der Waals surface area contributed by atoms with Crippen LogP contribution >= 0.6 is 0 Å². The van der Waals surface area contributed by atoms with Crippen LogP contribution in [0.2, 0.25) is 0 Å². The molecule has 0 N–H and O–H groups in total. The first kappa shape index (κ1) is 19.1. The number of benzene rings is 2. The van der Waals surface area contributed by atoms with Crippen molar-refractivity contribution in [3.8, 4) is 5.69 Å². The Hall–Kier alpha value is -2.86. The van der Waals surface area contributed by atoms with E-state index in [1.165, 1.54) is 23.4 Å². The first-order chi connectivity index (χ1) is 14.5. The SMILES string of the molecule is CC[C@@]12CCN(C)[C@@H]1N(C)c1ccc(-n3cc(CN(C)c4ccccc4)nn3)cc12. The maximum Gasteiger partial charge on any atom is 0.102 e. The molecule has 2 aromatic carbocycles. The van der Waals surface area contributed by atoms with Crippen molar-refractivity contribution in [2.45, 2.75) is 37.9 Å². The number of hydrogen-bond donors (Lipinski definition) is 0. The highest BCUT2D eigenvalue weighted by molar-refractivity contribution is 5.67. The van der Waals surface area contributed by atoms with Gasteiger partial charge >= 0.3 is 0 Å². The normalized spacial score (nSPS) is 22.9. The first-order valence-corrected chi connectivity index (χ1v) is 10.8. The highest BCUT2D eigenvalue weighted by Crippen LogP contribution is 2.53. The molecule has 1 aromatic heterocycles. The van der Waals surface area contributed by atoms with Gasteiger partial charge in [-0.3, -0.25) is 4.90 Å². The molecule has 2 aliphatic rings. The number of anilines is 2. The Morgan fingerprint density at radius 2 is 1.93 bits per heavy atom. The zero-order valence-electron chi connectivity index (χ0n) is 18.3. The molecule has 0 spiro atoms. The second kappa shape index (κ2) is 7.13. The van der Waals surface area contributed by atoms with Crippen LogP contribution in [0.15, 0.2) is 54.7 Å². The minimum Gasteiger partial charge on any atom is -0.369 e. The van der Waals surface area contributed by atoms with Crippen molar-refractivity contribution in [3.63, 3.8) is 0 Å². The second-order valence-electron chi connectivity index (χ2n) is 8.77. The summed E-state index contributed by atoms with van der Waals surface area (Å²) in [4.78, 5) is 7.14. The van der Waals surface area contributed by atoms with Gasteiger partial charge in [0.15, 0.2) is 0 Å². The van der Waals surface area contributed by atoms with Gasteiger partial charge in [-0.2, -0.15) is 0 Å². The van der Waals surface area contributed by atoms with Gasteiger partial charge < -0.3 is 9.80 Å². The minimum absolute atomic E-state index is 0.200. The molecule has 6 nitrogen and oxygen atoms in total. The molecule has 0 unspecified atom stereocenters. The highest BCUT2D eigenvalue weighted by atomic mass is 15.4. The maximum atomic E-state index is 4.44. The summed E-state index contributed by atoms with van der Waals surface area (Å²) in [6.07, 6.45) is 4.85. The van der Waals surface area contributed by atoms with Crippen molar-refractivity contribution < 1.29 is 0 Å². The largest absolute Gasteiger partial charge is 0.369 e. The number of aromatic nitrogens is 3. The quantitative estimate of drug-likeness (QED) is 0.651. The van der Waals surface area contributed by atoms with Crippen LogP contribution in [0.25, 0.3) is 5.69 Å². The van der Waals surface area contributed by atoms with Crippen molar-refractivity contribution in [2.75, 3.05) is 37.5 Å². The van der Waals surface area contributed by atoms with E-state index in [4.69, 9.17) is 0 Å². The lowest BCUT2D eigenvalue weighted by atomic mass is 9.77. The Labute approximate surface area is 178 Å². The smallest absolute Gasteiger partial charge is 0.102 e. The van der Waals surface area contributed by atoms with Crippen LogP contribution in [-0.2, 0) is 12.0 Å². The molecule has 0 bridgehead atoms. The molecule has 5 rings (SSSR count). The van der Waals surface area contributed by atoms with Gasteiger partial charge in [0.25, 0.3) is 0 Å². The summed E-state index contributed by atoms with van der Waals surface area (Å²) in [5.74, 6) is 0. The highest BCUT2D eigenvalue weighted by Gasteiger charge is 2.54. The van der Waals surface area contributed by atoms with E-state index in [1.807, 2.05) is 10.7 Å². The molecule has 0 radical (unpaired) electrons. The molecule has 1 saturated heterocycles. The Balaban J connectivity index is 1.44. The third-order valence-electron chi connectivity index (χ3n) is 7.12. The monoisotopic (exact) mass is 402 g/mol. The number of hydrogen-bond acceptors (Lipinski definition) is 5. The van der Waals surface area contributed by atoms with E-state index in [-0.39, 0.29) is 5.41 Å².